The number of furan rings is 1. The zero-order valence-electron chi connectivity index (χ0n) is 16.2. The van der Waals surface area contributed by atoms with Gasteiger partial charge in [-0.3, -0.25) is 9.69 Å². The molecule has 0 unspecified atom stereocenters. The molecule has 0 saturated carbocycles. The lowest BCUT2D eigenvalue weighted by atomic mass is 9.89. The fourth-order valence-electron chi connectivity index (χ4n) is 3.58. The van der Waals surface area contributed by atoms with Crippen LogP contribution in [0.2, 0.25) is 0 Å². The highest BCUT2D eigenvalue weighted by molar-refractivity contribution is 6.00. The first kappa shape index (κ1) is 19.5. The van der Waals surface area contributed by atoms with Gasteiger partial charge in [0.2, 0.25) is 0 Å². The standard InChI is InChI=1S/C21H27NO5/c1-24-14-18-7-6-17(27-18)13-22-10-4-5-15(12-22)21(23)19-9-8-16(25-2)11-20(19)26-3/h6-9,11,15H,4-5,10,12-14H2,1-3H3/t15-/m1/s1. The summed E-state index contributed by atoms with van der Waals surface area (Å²) < 4.78 is 21.5. The average molecular weight is 373 g/mol. The molecule has 1 atom stereocenters. The van der Waals surface area contributed by atoms with E-state index in [9.17, 15) is 4.79 Å². The van der Waals surface area contributed by atoms with E-state index in [4.69, 9.17) is 18.6 Å². The third-order valence-electron chi connectivity index (χ3n) is 4.93. The normalized spacial score (nSPS) is 17.7. The number of carbonyl (C=O) groups excluding carboxylic acids is 1. The lowest BCUT2D eigenvalue weighted by Crippen LogP contribution is -2.38. The van der Waals surface area contributed by atoms with Crippen LogP contribution in [-0.4, -0.2) is 45.1 Å². The number of Topliss-reactive ketones (excluding diaryl/α,β-unsaturated/α-hetero) is 1. The molecule has 1 aliphatic heterocycles. The molecule has 1 aromatic carbocycles. The molecule has 27 heavy (non-hydrogen) atoms. The largest absolute Gasteiger partial charge is 0.497 e. The van der Waals surface area contributed by atoms with Crippen LogP contribution in [0.3, 0.4) is 0 Å². The Kier molecular flexibility index (Phi) is 6.53. The van der Waals surface area contributed by atoms with Gasteiger partial charge in [0.15, 0.2) is 5.78 Å². The van der Waals surface area contributed by atoms with Crippen molar-refractivity contribution in [1.82, 2.24) is 4.90 Å². The number of methoxy groups -OCH3 is 3. The molecule has 146 valence electrons. The fourth-order valence-corrected chi connectivity index (χ4v) is 3.58. The van der Waals surface area contributed by atoms with Crippen molar-refractivity contribution in [2.75, 3.05) is 34.4 Å². The quantitative estimate of drug-likeness (QED) is 0.660. The highest BCUT2D eigenvalue weighted by Gasteiger charge is 2.29. The Morgan fingerprint density at radius 1 is 1.15 bits per heavy atom. The van der Waals surface area contributed by atoms with E-state index < -0.39 is 0 Å². The van der Waals surface area contributed by atoms with Crippen LogP contribution >= 0.6 is 0 Å². The number of ether oxygens (including phenoxy) is 3. The smallest absolute Gasteiger partial charge is 0.170 e. The van der Waals surface area contributed by atoms with Gasteiger partial charge in [0, 0.05) is 25.6 Å². The first-order valence-electron chi connectivity index (χ1n) is 9.19. The van der Waals surface area contributed by atoms with Crippen molar-refractivity contribution in [1.29, 1.82) is 0 Å². The van der Waals surface area contributed by atoms with Gasteiger partial charge in [0.05, 0.1) is 26.3 Å². The van der Waals surface area contributed by atoms with E-state index in [2.05, 4.69) is 4.90 Å². The number of likely N-dealkylation sites (tertiary alicyclic amines) is 1. The number of hydrogen-bond acceptors (Lipinski definition) is 6. The van der Waals surface area contributed by atoms with Gasteiger partial charge in [-0.05, 0) is 43.7 Å². The molecular formula is C21H27NO5. The van der Waals surface area contributed by atoms with Crippen molar-refractivity contribution < 1.29 is 23.4 Å². The summed E-state index contributed by atoms with van der Waals surface area (Å²) in [4.78, 5) is 15.4. The molecule has 1 saturated heterocycles. The topological polar surface area (TPSA) is 61.1 Å². The molecular weight excluding hydrogens is 346 g/mol. The maximum Gasteiger partial charge on any atom is 0.170 e. The molecule has 3 rings (SSSR count). The van der Waals surface area contributed by atoms with Gasteiger partial charge >= 0.3 is 0 Å². The molecule has 6 nitrogen and oxygen atoms in total. The predicted molar refractivity (Wildman–Crippen MR) is 101 cm³/mol. The molecule has 1 fully saturated rings. The van der Waals surface area contributed by atoms with E-state index in [1.165, 1.54) is 0 Å². The molecule has 2 aromatic rings. The molecule has 2 heterocycles. The second kappa shape index (κ2) is 9.06. The monoisotopic (exact) mass is 373 g/mol. The van der Waals surface area contributed by atoms with Crippen LogP contribution in [0, 0.1) is 5.92 Å². The maximum absolute atomic E-state index is 13.1. The Labute approximate surface area is 160 Å². The highest BCUT2D eigenvalue weighted by Crippen LogP contribution is 2.30. The first-order chi connectivity index (χ1) is 13.1. The van der Waals surface area contributed by atoms with Gasteiger partial charge in [0.1, 0.15) is 29.6 Å². The second-order valence-electron chi connectivity index (χ2n) is 6.81. The molecule has 1 aromatic heterocycles. The minimum Gasteiger partial charge on any atom is -0.497 e. The Bertz CT molecular complexity index is 770. The van der Waals surface area contributed by atoms with E-state index in [0.717, 1.165) is 30.9 Å². The number of nitrogens with zero attached hydrogens (tertiary/aromatic N) is 1. The zero-order chi connectivity index (χ0) is 19.2. The zero-order valence-corrected chi connectivity index (χ0v) is 16.2. The summed E-state index contributed by atoms with van der Waals surface area (Å²) in [6.07, 6.45) is 1.87. The van der Waals surface area contributed by atoms with Crippen LogP contribution in [0.5, 0.6) is 11.5 Å². The maximum atomic E-state index is 13.1. The van der Waals surface area contributed by atoms with Gasteiger partial charge in [-0.1, -0.05) is 0 Å². The molecule has 0 radical (unpaired) electrons. The molecule has 0 amide bonds. The summed E-state index contributed by atoms with van der Waals surface area (Å²) in [5.74, 6) is 3.04. The number of piperidine rings is 1. The second-order valence-corrected chi connectivity index (χ2v) is 6.81. The van der Waals surface area contributed by atoms with Gasteiger partial charge in [-0.2, -0.15) is 0 Å². The summed E-state index contributed by atoms with van der Waals surface area (Å²) in [7, 11) is 4.83. The lowest BCUT2D eigenvalue weighted by molar-refractivity contribution is 0.0797. The Morgan fingerprint density at radius 3 is 2.70 bits per heavy atom. The van der Waals surface area contributed by atoms with Gasteiger partial charge in [-0.25, -0.2) is 0 Å². The first-order valence-corrected chi connectivity index (χ1v) is 9.19. The van der Waals surface area contributed by atoms with E-state index in [0.29, 0.717) is 36.8 Å². The van der Waals surface area contributed by atoms with Crippen molar-refractivity contribution in [3.8, 4) is 11.5 Å². The average Bonchev–Trinajstić information content (AvgIpc) is 3.14. The van der Waals surface area contributed by atoms with Crippen LogP contribution in [0.25, 0.3) is 0 Å². The Morgan fingerprint density at radius 2 is 1.96 bits per heavy atom. The number of hydrogen-bond donors (Lipinski definition) is 0. The summed E-state index contributed by atoms with van der Waals surface area (Å²) in [5.41, 5.74) is 0.616. The third-order valence-corrected chi connectivity index (χ3v) is 4.93. The van der Waals surface area contributed by atoms with Crippen molar-refractivity contribution in [2.24, 2.45) is 5.92 Å². The van der Waals surface area contributed by atoms with Crippen LogP contribution in [0.1, 0.15) is 34.7 Å². The number of ketones is 1. The van der Waals surface area contributed by atoms with E-state index in [-0.39, 0.29) is 11.7 Å². The molecule has 0 N–H and O–H groups in total. The summed E-state index contributed by atoms with van der Waals surface area (Å²) in [6.45, 7) is 2.85. The SMILES string of the molecule is COCc1ccc(CN2CCC[C@@H](C(=O)c3ccc(OC)cc3OC)C2)o1. The molecule has 1 aliphatic rings. The van der Waals surface area contributed by atoms with E-state index in [1.54, 1.807) is 39.5 Å². The van der Waals surface area contributed by atoms with Crippen LogP contribution in [-0.2, 0) is 17.9 Å². The number of carbonyl (C=O) groups is 1. The van der Waals surface area contributed by atoms with Crippen LogP contribution < -0.4 is 9.47 Å². The molecule has 0 bridgehead atoms. The minimum absolute atomic E-state index is 0.0468. The van der Waals surface area contributed by atoms with E-state index >= 15 is 0 Å². The van der Waals surface area contributed by atoms with Gasteiger partial charge in [0.25, 0.3) is 0 Å². The highest BCUT2D eigenvalue weighted by atomic mass is 16.5. The summed E-state index contributed by atoms with van der Waals surface area (Å²) in [5, 5.41) is 0. The predicted octanol–water partition coefficient (Wildman–Crippen LogP) is 3.54. The molecule has 6 heteroatoms. The van der Waals surface area contributed by atoms with Crippen molar-refractivity contribution in [3.63, 3.8) is 0 Å². The summed E-state index contributed by atoms with van der Waals surface area (Å²) >= 11 is 0. The van der Waals surface area contributed by atoms with Crippen molar-refractivity contribution in [2.45, 2.75) is 26.0 Å². The van der Waals surface area contributed by atoms with Gasteiger partial charge in [-0.15, -0.1) is 0 Å². The Hall–Kier alpha value is -2.31. The third kappa shape index (κ3) is 4.70. The minimum atomic E-state index is -0.0468. The van der Waals surface area contributed by atoms with Crippen molar-refractivity contribution in [3.05, 3.63) is 47.4 Å². The number of rotatable bonds is 8. The Balaban J connectivity index is 1.67. The van der Waals surface area contributed by atoms with Crippen LogP contribution in [0.15, 0.2) is 34.7 Å². The van der Waals surface area contributed by atoms with Crippen LogP contribution in [0.4, 0.5) is 0 Å². The summed E-state index contributed by atoms with van der Waals surface area (Å²) in [6, 6.07) is 9.27. The van der Waals surface area contributed by atoms with E-state index in [1.807, 2.05) is 12.1 Å². The molecule has 0 aliphatic carbocycles. The lowest BCUT2D eigenvalue weighted by Gasteiger charge is -2.31. The fraction of sp³-hybridized carbons (Fsp3) is 0.476. The molecule has 0 spiro atoms. The number of benzene rings is 1. The van der Waals surface area contributed by atoms with Crippen molar-refractivity contribution >= 4 is 5.78 Å². The van der Waals surface area contributed by atoms with Gasteiger partial charge < -0.3 is 18.6 Å².